The van der Waals surface area contributed by atoms with Crippen molar-refractivity contribution in [3.63, 3.8) is 0 Å². The van der Waals surface area contributed by atoms with Crippen molar-refractivity contribution in [1.82, 2.24) is 4.90 Å². The summed E-state index contributed by atoms with van der Waals surface area (Å²) in [6.07, 6.45) is 1.85. The Morgan fingerprint density at radius 2 is 1.87 bits per heavy atom. The Bertz CT molecular complexity index is 785. The van der Waals surface area contributed by atoms with Crippen molar-refractivity contribution in [2.45, 2.75) is 18.9 Å². The van der Waals surface area contributed by atoms with E-state index in [0.29, 0.717) is 17.5 Å². The summed E-state index contributed by atoms with van der Waals surface area (Å²) in [6, 6.07) is 8.69. The maximum Gasteiger partial charge on any atom is 0.201 e. The molecule has 2 aromatic carbocycles. The number of ether oxygens (including phenoxy) is 2. The molecule has 4 rings (SSSR count). The normalized spacial score (nSPS) is 19.0. The molecule has 0 amide bonds. The molecule has 0 unspecified atom stereocenters. The summed E-state index contributed by atoms with van der Waals surface area (Å²) in [6.45, 7) is 0.960. The molecule has 4 nitrogen and oxygen atoms in total. The van der Waals surface area contributed by atoms with Gasteiger partial charge < -0.3 is 14.6 Å². The molecule has 0 saturated carbocycles. The van der Waals surface area contributed by atoms with E-state index in [4.69, 9.17) is 9.47 Å². The van der Waals surface area contributed by atoms with Gasteiger partial charge in [0.1, 0.15) is 0 Å². The topological polar surface area (TPSA) is 41.9 Å². The maximum absolute atomic E-state index is 10.7. The standard InChI is InChI=1S/C19H21NO3/c1-20-9-8-13-15-14(20)10-11-6-4-5-7-12(11)16(15)19(23-3)17(21)18(13)22-2/h4-7,14,21H,8-10H2,1-3H3/t14-/m1/s1. The number of rotatable bonds is 2. The summed E-state index contributed by atoms with van der Waals surface area (Å²) in [4.78, 5) is 2.39. The molecular weight excluding hydrogens is 290 g/mol. The molecular formula is C19H21NO3. The predicted molar refractivity (Wildman–Crippen MR) is 89.4 cm³/mol. The van der Waals surface area contributed by atoms with E-state index in [1.807, 2.05) is 6.07 Å². The lowest BCUT2D eigenvalue weighted by molar-refractivity contribution is 0.223. The Balaban J connectivity index is 2.13. The van der Waals surface area contributed by atoms with E-state index >= 15 is 0 Å². The first-order chi connectivity index (χ1) is 11.2. The van der Waals surface area contributed by atoms with Gasteiger partial charge in [0.05, 0.1) is 14.2 Å². The number of methoxy groups -OCH3 is 2. The molecule has 1 heterocycles. The number of hydrogen-bond acceptors (Lipinski definition) is 4. The molecule has 0 spiro atoms. The van der Waals surface area contributed by atoms with Crippen LogP contribution >= 0.6 is 0 Å². The van der Waals surface area contributed by atoms with E-state index in [1.165, 1.54) is 11.1 Å². The summed E-state index contributed by atoms with van der Waals surface area (Å²) in [7, 11) is 5.38. The molecule has 1 aliphatic heterocycles. The van der Waals surface area contributed by atoms with Gasteiger partial charge in [0.25, 0.3) is 0 Å². The first kappa shape index (κ1) is 14.4. The third kappa shape index (κ3) is 1.88. The van der Waals surface area contributed by atoms with Crippen LogP contribution in [0.4, 0.5) is 0 Å². The van der Waals surface area contributed by atoms with Crippen LogP contribution in [-0.4, -0.2) is 37.8 Å². The second-order valence-electron chi connectivity index (χ2n) is 6.29. The third-order valence-electron chi connectivity index (χ3n) is 5.21. The largest absolute Gasteiger partial charge is 0.502 e. The molecule has 0 saturated heterocycles. The minimum atomic E-state index is 0.115. The van der Waals surface area contributed by atoms with Gasteiger partial charge in [0.15, 0.2) is 11.5 Å². The second kappa shape index (κ2) is 5.17. The van der Waals surface area contributed by atoms with Crippen molar-refractivity contribution in [2.75, 3.05) is 27.8 Å². The number of phenolic OH excluding ortho intramolecular Hbond substituents is 1. The van der Waals surface area contributed by atoms with Crippen LogP contribution in [0.25, 0.3) is 11.1 Å². The monoisotopic (exact) mass is 311 g/mol. The van der Waals surface area contributed by atoms with Crippen LogP contribution in [0.5, 0.6) is 17.2 Å². The quantitative estimate of drug-likeness (QED) is 0.925. The van der Waals surface area contributed by atoms with E-state index in [2.05, 4.69) is 30.1 Å². The SMILES string of the molecule is COc1c(O)c(OC)c2c3c1CCN(C)[C@@H]3Cc1ccccc1-2. The van der Waals surface area contributed by atoms with Crippen molar-refractivity contribution in [1.29, 1.82) is 0 Å². The molecule has 0 radical (unpaired) electrons. The second-order valence-corrected chi connectivity index (χ2v) is 6.29. The fourth-order valence-corrected chi connectivity index (χ4v) is 4.13. The number of nitrogens with zero attached hydrogens (tertiary/aromatic N) is 1. The van der Waals surface area contributed by atoms with E-state index < -0.39 is 0 Å². The Morgan fingerprint density at radius 1 is 1.13 bits per heavy atom. The number of phenols is 1. The van der Waals surface area contributed by atoms with Crippen LogP contribution in [-0.2, 0) is 12.8 Å². The number of likely N-dealkylation sites (N-methyl/N-ethyl adjacent to an activating group) is 1. The van der Waals surface area contributed by atoms with Crippen molar-refractivity contribution < 1.29 is 14.6 Å². The van der Waals surface area contributed by atoms with Gasteiger partial charge in [-0.3, -0.25) is 4.90 Å². The summed E-state index contributed by atoms with van der Waals surface area (Å²) >= 11 is 0. The van der Waals surface area contributed by atoms with E-state index in [9.17, 15) is 5.11 Å². The van der Waals surface area contributed by atoms with Crippen molar-refractivity contribution >= 4 is 0 Å². The molecule has 0 fully saturated rings. The summed E-state index contributed by atoms with van der Waals surface area (Å²) in [5.41, 5.74) is 5.86. The fraction of sp³-hybridized carbons (Fsp3) is 0.368. The zero-order valence-electron chi connectivity index (χ0n) is 13.7. The van der Waals surface area contributed by atoms with E-state index in [1.54, 1.807) is 14.2 Å². The number of benzene rings is 2. The number of hydrogen-bond donors (Lipinski definition) is 1. The van der Waals surface area contributed by atoms with Crippen LogP contribution in [0.2, 0.25) is 0 Å². The Hall–Kier alpha value is -2.20. The highest BCUT2D eigenvalue weighted by Crippen LogP contribution is 2.56. The number of aromatic hydroxyl groups is 1. The smallest absolute Gasteiger partial charge is 0.201 e. The lowest BCUT2D eigenvalue weighted by Crippen LogP contribution is -2.36. The van der Waals surface area contributed by atoms with Crippen molar-refractivity contribution in [3.8, 4) is 28.4 Å². The fourth-order valence-electron chi connectivity index (χ4n) is 4.13. The van der Waals surface area contributed by atoms with E-state index in [-0.39, 0.29) is 5.75 Å². The lowest BCUT2D eigenvalue weighted by Gasteiger charge is -2.41. The molecule has 0 bridgehead atoms. The van der Waals surface area contributed by atoms with Crippen LogP contribution < -0.4 is 9.47 Å². The minimum Gasteiger partial charge on any atom is -0.502 e. The molecule has 1 atom stereocenters. The lowest BCUT2D eigenvalue weighted by atomic mass is 9.76. The van der Waals surface area contributed by atoms with Crippen LogP contribution in [0, 0.1) is 0 Å². The molecule has 4 heteroatoms. The molecule has 1 N–H and O–H groups in total. The highest BCUT2D eigenvalue weighted by molar-refractivity contribution is 5.85. The first-order valence-electron chi connectivity index (χ1n) is 7.95. The first-order valence-corrected chi connectivity index (χ1v) is 7.95. The molecule has 120 valence electrons. The van der Waals surface area contributed by atoms with Gasteiger partial charge in [-0.15, -0.1) is 0 Å². The average Bonchev–Trinajstić information content (AvgIpc) is 2.57. The summed E-state index contributed by atoms with van der Waals surface area (Å²) in [5, 5.41) is 10.7. The van der Waals surface area contributed by atoms with Crippen LogP contribution in [0.15, 0.2) is 24.3 Å². The van der Waals surface area contributed by atoms with Crippen LogP contribution in [0.1, 0.15) is 22.7 Å². The van der Waals surface area contributed by atoms with Gasteiger partial charge in [-0.1, -0.05) is 24.3 Å². The predicted octanol–water partition coefficient (Wildman–Crippen LogP) is 3.16. The van der Waals surface area contributed by atoms with Gasteiger partial charge in [-0.05, 0) is 36.6 Å². The van der Waals surface area contributed by atoms with Gasteiger partial charge in [0.2, 0.25) is 5.75 Å². The molecule has 23 heavy (non-hydrogen) atoms. The maximum atomic E-state index is 10.7. The highest BCUT2D eigenvalue weighted by Gasteiger charge is 2.38. The van der Waals surface area contributed by atoms with Crippen molar-refractivity contribution in [2.24, 2.45) is 0 Å². The van der Waals surface area contributed by atoms with Gasteiger partial charge >= 0.3 is 0 Å². The minimum absolute atomic E-state index is 0.115. The van der Waals surface area contributed by atoms with Crippen LogP contribution in [0.3, 0.4) is 0 Å². The molecule has 1 aliphatic carbocycles. The van der Waals surface area contributed by atoms with Gasteiger partial charge in [0, 0.05) is 23.7 Å². The number of fused-ring (bicyclic) bond motifs is 2. The van der Waals surface area contributed by atoms with Gasteiger partial charge in [-0.2, -0.15) is 0 Å². The average molecular weight is 311 g/mol. The third-order valence-corrected chi connectivity index (χ3v) is 5.21. The van der Waals surface area contributed by atoms with Crippen molar-refractivity contribution in [3.05, 3.63) is 41.0 Å². The zero-order chi connectivity index (χ0) is 16.1. The Kier molecular flexibility index (Phi) is 3.23. The summed E-state index contributed by atoms with van der Waals surface area (Å²) < 4.78 is 11.1. The Morgan fingerprint density at radius 3 is 2.61 bits per heavy atom. The molecule has 0 aromatic heterocycles. The molecule has 2 aliphatic rings. The summed E-state index contributed by atoms with van der Waals surface area (Å²) in [5.74, 6) is 1.20. The van der Waals surface area contributed by atoms with Gasteiger partial charge in [-0.25, -0.2) is 0 Å². The zero-order valence-corrected chi connectivity index (χ0v) is 13.7. The highest BCUT2D eigenvalue weighted by atomic mass is 16.5. The Labute approximate surface area is 136 Å². The molecule has 2 aromatic rings. The van der Waals surface area contributed by atoms with E-state index in [0.717, 1.165) is 36.1 Å².